The second-order valence-corrected chi connectivity index (χ2v) is 9.01. The lowest BCUT2D eigenvalue weighted by atomic mass is 10.0. The molecule has 0 radical (unpaired) electrons. The van der Waals surface area contributed by atoms with Gasteiger partial charge in [0.1, 0.15) is 0 Å². The molecule has 1 saturated heterocycles. The Morgan fingerprint density at radius 2 is 2.10 bits per heavy atom. The standard InChI is InChI=1S/C23H35N5O2/c1-15(2)28-21-9-8-17(26-16-6-4-5-7-18(12-16)27(3)24)13-19(21)22(23(28)29)20-14-30-11-10-25-20/h8-9,13,15-16,18,25-26H,4-7,10-12,14,24H2,1-3H3/b22-20-/t16?,18-/m1/s1. The first-order valence-corrected chi connectivity index (χ1v) is 11.2. The summed E-state index contributed by atoms with van der Waals surface area (Å²) in [6.45, 7) is 5.97. The quantitative estimate of drug-likeness (QED) is 0.305. The Kier molecular flexibility index (Phi) is 6.32. The highest BCUT2D eigenvalue weighted by Gasteiger charge is 2.37. The Morgan fingerprint density at radius 3 is 2.80 bits per heavy atom. The van der Waals surface area contributed by atoms with Crippen LogP contribution in [-0.4, -0.2) is 55.8 Å². The van der Waals surface area contributed by atoms with Crippen LogP contribution in [0.15, 0.2) is 23.9 Å². The fraction of sp³-hybridized carbons (Fsp3) is 0.609. The first-order valence-electron chi connectivity index (χ1n) is 11.2. The number of nitrogens with zero attached hydrogens (tertiary/aromatic N) is 2. The minimum atomic E-state index is 0.0597. The van der Waals surface area contributed by atoms with Crippen LogP contribution in [0.2, 0.25) is 0 Å². The van der Waals surface area contributed by atoms with E-state index in [1.165, 1.54) is 12.8 Å². The molecule has 1 unspecified atom stereocenters. The number of hydrogen-bond donors (Lipinski definition) is 3. The highest BCUT2D eigenvalue weighted by Crippen LogP contribution is 2.41. The van der Waals surface area contributed by atoms with Gasteiger partial charge in [-0.15, -0.1) is 0 Å². The van der Waals surface area contributed by atoms with Crippen LogP contribution >= 0.6 is 0 Å². The lowest BCUT2D eigenvalue weighted by Crippen LogP contribution is -2.40. The number of amides is 1. The molecule has 0 bridgehead atoms. The number of hydrazine groups is 1. The van der Waals surface area contributed by atoms with Gasteiger partial charge in [0, 0.05) is 43.0 Å². The Hall–Kier alpha value is -2.09. The highest BCUT2D eigenvalue weighted by atomic mass is 16.5. The van der Waals surface area contributed by atoms with Crippen LogP contribution in [-0.2, 0) is 9.53 Å². The van der Waals surface area contributed by atoms with Gasteiger partial charge in [0.2, 0.25) is 0 Å². The summed E-state index contributed by atoms with van der Waals surface area (Å²) in [5, 5.41) is 8.98. The van der Waals surface area contributed by atoms with Gasteiger partial charge in [-0.1, -0.05) is 12.8 Å². The van der Waals surface area contributed by atoms with Crippen LogP contribution in [0.1, 0.15) is 51.5 Å². The van der Waals surface area contributed by atoms with Crippen molar-refractivity contribution >= 4 is 22.9 Å². The SMILES string of the molecule is CC(C)N1C(=O)/C(=C2/COCCN2)c2cc(NC3CCCC[C@@H](N(C)N)C3)ccc21. The maximum Gasteiger partial charge on any atom is 0.261 e. The maximum atomic E-state index is 13.3. The van der Waals surface area contributed by atoms with E-state index in [4.69, 9.17) is 10.6 Å². The predicted molar refractivity (Wildman–Crippen MR) is 121 cm³/mol. The third kappa shape index (κ3) is 4.19. The second kappa shape index (κ2) is 8.96. The molecular weight excluding hydrogens is 378 g/mol. The molecule has 4 N–H and O–H groups in total. The van der Waals surface area contributed by atoms with Gasteiger partial charge >= 0.3 is 0 Å². The van der Waals surface area contributed by atoms with E-state index in [2.05, 4.69) is 42.7 Å². The average Bonchev–Trinajstić information content (AvgIpc) is 2.85. The molecule has 164 valence electrons. The van der Waals surface area contributed by atoms with Crippen molar-refractivity contribution in [1.29, 1.82) is 0 Å². The largest absolute Gasteiger partial charge is 0.383 e. The number of fused-ring (bicyclic) bond motifs is 1. The van der Waals surface area contributed by atoms with Crippen LogP contribution in [0.5, 0.6) is 0 Å². The smallest absolute Gasteiger partial charge is 0.261 e. The molecule has 0 spiro atoms. The number of morpholine rings is 1. The minimum Gasteiger partial charge on any atom is -0.383 e. The number of benzene rings is 1. The second-order valence-electron chi connectivity index (χ2n) is 9.01. The number of anilines is 2. The first-order chi connectivity index (χ1) is 14.5. The Labute approximate surface area is 179 Å². The normalized spacial score (nSPS) is 27.3. The van der Waals surface area contributed by atoms with Gasteiger partial charge in [-0.3, -0.25) is 10.6 Å². The van der Waals surface area contributed by atoms with Crippen molar-refractivity contribution in [2.45, 2.75) is 64.1 Å². The molecule has 7 heteroatoms. The van der Waals surface area contributed by atoms with Crippen LogP contribution in [0, 0.1) is 0 Å². The van der Waals surface area contributed by atoms with E-state index in [0.29, 0.717) is 25.3 Å². The topological polar surface area (TPSA) is 82.9 Å². The minimum absolute atomic E-state index is 0.0597. The van der Waals surface area contributed by atoms with Crippen LogP contribution in [0.4, 0.5) is 11.4 Å². The number of carbonyl (C=O) groups excluding carboxylic acids is 1. The first kappa shape index (κ1) is 21.2. The summed E-state index contributed by atoms with van der Waals surface area (Å²) >= 11 is 0. The van der Waals surface area contributed by atoms with Crippen molar-refractivity contribution in [3.8, 4) is 0 Å². The van der Waals surface area contributed by atoms with Crippen LogP contribution in [0.3, 0.4) is 0 Å². The summed E-state index contributed by atoms with van der Waals surface area (Å²) in [5.74, 6) is 6.12. The van der Waals surface area contributed by atoms with E-state index in [0.717, 1.165) is 54.0 Å². The molecule has 1 saturated carbocycles. The molecule has 2 atom stereocenters. The lowest BCUT2D eigenvalue weighted by molar-refractivity contribution is -0.113. The van der Waals surface area contributed by atoms with E-state index in [-0.39, 0.29) is 11.9 Å². The van der Waals surface area contributed by atoms with Crippen molar-refractivity contribution in [3.63, 3.8) is 0 Å². The lowest BCUT2D eigenvalue weighted by Gasteiger charge is -2.27. The fourth-order valence-electron chi connectivity index (χ4n) is 4.92. The molecule has 2 heterocycles. The molecule has 4 rings (SSSR count). The summed E-state index contributed by atoms with van der Waals surface area (Å²) < 4.78 is 5.63. The van der Waals surface area contributed by atoms with Gasteiger partial charge in [0.15, 0.2) is 0 Å². The Morgan fingerprint density at radius 1 is 1.30 bits per heavy atom. The zero-order chi connectivity index (χ0) is 21.3. The molecule has 2 fully saturated rings. The van der Waals surface area contributed by atoms with Crippen LogP contribution < -0.4 is 21.4 Å². The highest BCUT2D eigenvalue weighted by molar-refractivity contribution is 6.33. The third-order valence-electron chi connectivity index (χ3n) is 6.45. The number of nitrogens with two attached hydrogens (primary N) is 1. The van der Waals surface area contributed by atoms with Crippen molar-refractivity contribution in [3.05, 3.63) is 29.5 Å². The van der Waals surface area contributed by atoms with Gasteiger partial charge in [0.05, 0.1) is 30.2 Å². The van der Waals surface area contributed by atoms with Crippen LogP contribution in [0.25, 0.3) is 5.57 Å². The summed E-state index contributed by atoms with van der Waals surface area (Å²) in [6.07, 6.45) is 5.75. The summed E-state index contributed by atoms with van der Waals surface area (Å²) in [4.78, 5) is 15.2. The zero-order valence-electron chi connectivity index (χ0n) is 18.4. The predicted octanol–water partition coefficient (Wildman–Crippen LogP) is 2.69. The van der Waals surface area contributed by atoms with Crippen molar-refractivity contribution in [1.82, 2.24) is 10.3 Å². The molecule has 0 aromatic heterocycles. The number of ether oxygens (including phenoxy) is 1. The summed E-state index contributed by atoms with van der Waals surface area (Å²) in [6, 6.07) is 7.20. The fourth-order valence-corrected chi connectivity index (χ4v) is 4.92. The molecule has 1 aliphatic carbocycles. The van der Waals surface area contributed by atoms with E-state index < -0.39 is 0 Å². The van der Waals surface area contributed by atoms with Gasteiger partial charge in [-0.2, -0.15) is 0 Å². The monoisotopic (exact) mass is 413 g/mol. The van der Waals surface area contributed by atoms with Gasteiger partial charge in [-0.25, -0.2) is 5.01 Å². The van der Waals surface area contributed by atoms with E-state index in [1.807, 2.05) is 17.0 Å². The van der Waals surface area contributed by atoms with Crippen molar-refractivity contribution in [2.24, 2.45) is 5.84 Å². The third-order valence-corrected chi connectivity index (χ3v) is 6.45. The van der Waals surface area contributed by atoms with Crippen molar-refractivity contribution < 1.29 is 9.53 Å². The molecule has 7 nitrogen and oxygen atoms in total. The number of rotatable bonds is 4. The Bertz CT molecular complexity index is 812. The number of nitrogens with one attached hydrogen (secondary N) is 2. The van der Waals surface area contributed by atoms with Crippen molar-refractivity contribution in [2.75, 3.05) is 37.0 Å². The number of hydrogen-bond acceptors (Lipinski definition) is 6. The maximum absolute atomic E-state index is 13.3. The van der Waals surface area contributed by atoms with Gasteiger partial charge < -0.3 is 20.3 Å². The summed E-state index contributed by atoms with van der Waals surface area (Å²) in [5.41, 5.74) is 4.69. The molecule has 1 aromatic rings. The molecule has 3 aliphatic rings. The molecular formula is C23H35N5O2. The van der Waals surface area contributed by atoms with Gasteiger partial charge in [-0.05, 0) is 51.3 Å². The summed E-state index contributed by atoms with van der Waals surface area (Å²) in [7, 11) is 1.96. The Balaban J connectivity index is 1.64. The van der Waals surface area contributed by atoms with E-state index >= 15 is 0 Å². The number of carbonyl (C=O) groups is 1. The van der Waals surface area contributed by atoms with Gasteiger partial charge in [0.25, 0.3) is 5.91 Å². The average molecular weight is 414 g/mol. The molecule has 30 heavy (non-hydrogen) atoms. The zero-order valence-corrected chi connectivity index (χ0v) is 18.4. The molecule has 2 aliphatic heterocycles. The van der Waals surface area contributed by atoms with E-state index in [9.17, 15) is 4.79 Å². The molecule has 1 aromatic carbocycles. The molecule has 1 amide bonds. The van der Waals surface area contributed by atoms with E-state index in [1.54, 1.807) is 0 Å².